The van der Waals surface area contributed by atoms with Crippen molar-refractivity contribution in [3.05, 3.63) is 101 Å². The molecule has 0 fully saturated rings. The van der Waals surface area contributed by atoms with Crippen molar-refractivity contribution in [2.24, 2.45) is 4.99 Å². The normalized spacial score (nSPS) is 14.1. The van der Waals surface area contributed by atoms with Crippen molar-refractivity contribution in [2.75, 3.05) is 6.61 Å². The number of nitrogens with zero attached hydrogens (tertiary/aromatic N) is 1. The lowest BCUT2D eigenvalue weighted by molar-refractivity contribution is -0.129. The second-order valence-corrected chi connectivity index (χ2v) is 6.74. The molecular weight excluding hydrogens is 413 g/mol. The van der Waals surface area contributed by atoms with Crippen LogP contribution in [0.25, 0.3) is 6.08 Å². The van der Waals surface area contributed by atoms with Crippen LogP contribution in [-0.2, 0) is 9.53 Å². The SMILES string of the molecule is CCOc1cc(/C=C2\N=C(c3ccc(F)cc3)OC2=O)ccc1OC(=O)c1ccccc1. The number of halogens is 1. The van der Waals surface area contributed by atoms with Crippen LogP contribution in [0, 0.1) is 5.82 Å². The van der Waals surface area contributed by atoms with Crippen LogP contribution in [0.4, 0.5) is 4.39 Å². The number of benzene rings is 3. The number of hydrogen-bond donors (Lipinski definition) is 0. The number of aliphatic imine (C=N–C) groups is 1. The molecule has 32 heavy (non-hydrogen) atoms. The van der Waals surface area contributed by atoms with Gasteiger partial charge in [-0.3, -0.25) is 0 Å². The van der Waals surface area contributed by atoms with Gasteiger partial charge in [0.25, 0.3) is 0 Å². The van der Waals surface area contributed by atoms with Crippen molar-refractivity contribution in [2.45, 2.75) is 6.92 Å². The highest BCUT2D eigenvalue weighted by molar-refractivity contribution is 6.12. The van der Waals surface area contributed by atoms with Gasteiger partial charge in [0.1, 0.15) is 5.82 Å². The van der Waals surface area contributed by atoms with E-state index in [1.165, 1.54) is 30.3 Å². The van der Waals surface area contributed by atoms with E-state index in [0.29, 0.717) is 29.0 Å². The molecule has 0 spiro atoms. The number of carbonyl (C=O) groups is 2. The zero-order valence-corrected chi connectivity index (χ0v) is 17.1. The van der Waals surface area contributed by atoms with Crippen molar-refractivity contribution >= 4 is 23.9 Å². The Balaban J connectivity index is 1.59. The monoisotopic (exact) mass is 431 g/mol. The van der Waals surface area contributed by atoms with E-state index in [2.05, 4.69) is 4.99 Å². The van der Waals surface area contributed by atoms with Crippen LogP contribution >= 0.6 is 0 Å². The van der Waals surface area contributed by atoms with Gasteiger partial charge in [0.15, 0.2) is 17.2 Å². The Morgan fingerprint density at radius 2 is 1.78 bits per heavy atom. The molecule has 6 nitrogen and oxygen atoms in total. The molecule has 0 bridgehead atoms. The molecule has 0 N–H and O–H groups in total. The molecule has 3 aromatic rings. The van der Waals surface area contributed by atoms with Gasteiger partial charge in [0.2, 0.25) is 5.90 Å². The fraction of sp³-hybridized carbons (Fsp3) is 0.0800. The summed E-state index contributed by atoms with van der Waals surface area (Å²) in [4.78, 5) is 28.8. The predicted octanol–water partition coefficient (Wildman–Crippen LogP) is 4.79. The molecule has 0 saturated heterocycles. The van der Waals surface area contributed by atoms with Gasteiger partial charge in [-0.2, -0.15) is 0 Å². The number of rotatable bonds is 6. The van der Waals surface area contributed by atoms with Gasteiger partial charge in [-0.1, -0.05) is 24.3 Å². The predicted molar refractivity (Wildman–Crippen MR) is 116 cm³/mol. The second kappa shape index (κ2) is 9.26. The Bertz CT molecular complexity index is 1220. The molecule has 0 aromatic heterocycles. The summed E-state index contributed by atoms with van der Waals surface area (Å²) in [6.45, 7) is 2.16. The van der Waals surface area contributed by atoms with E-state index in [4.69, 9.17) is 14.2 Å². The van der Waals surface area contributed by atoms with Crippen LogP contribution in [0.5, 0.6) is 11.5 Å². The zero-order chi connectivity index (χ0) is 22.5. The minimum atomic E-state index is -0.623. The first-order chi connectivity index (χ1) is 15.5. The smallest absolute Gasteiger partial charge is 0.363 e. The van der Waals surface area contributed by atoms with E-state index >= 15 is 0 Å². The lowest BCUT2D eigenvalue weighted by Crippen LogP contribution is -2.09. The van der Waals surface area contributed by atoms with E-state index < -0.39 is 17.8 Å². The maximum atomic E-state index is 13.1. The molecule has 1 aliphatic heterocycles. The third-order valence-electron chi connectivity index (χ3n) is 4.49. The van der Waals surface area contributed by atoms with Gasteiger partial charge in [-0.05, 0) is 67.1 Å². The summed E-state index contributed by atoms with van der Waals surface area (Å²) in [6, 6.07) is 19.0. The molecule has 4 rings (SSSR count). The van der Waals surface area contributed by atoms with Crippen molar-refractivity contribution in [3.8, 4) is 11.5 Å². The van der Waals surface area contributed by atoms with Crippen LogP contribution in [0.3, 0.4) is 0 Å². The minimum absolute atomic E-state index is 0.0841. The van der Waals surface area contributed by atoms with Crippen LogP contribution in [0.2, 0.25) is 0 Å². The van der Waals surface area contributed by atoms with Crippen LogP contribution in [-0.4, -0.2) is 24.4 Å². The standard InChI is InChI=1S/C25H18FNO5/c1-2-30-22-15-16(8-13-21(22)31-24(28)18-6-4-3-5-7-18)14-20-25(29)32-23(27-20)17-9-11-19(26)12-10-17/h3-15H,2H2,1H3/b20-14-. The molecule has 0 atom stereocenters. The maximum absolute atomic E-state index is 13.1. The highest BCUT2D eigenvalue weighted by Gasteiger charge is 2.24. The fourth-order valence-electron chi connectivity index (χ4n) is 2.98. The zero-order valence-electron chi connectivity index (χ0n) is 17.1. The van der Waals surface area contributed by atoms with Crippen LogP contribution in [0.15, 0.2) is 83.5 Å². The molecule has 160 valence electrons. The van der Waals surface area contributed by atoms with E-state index in [0.717, 1.165) is 0 Å². The fourth-order valence-corrected chi connectivity index (χ4v) is 2.98. The van der Waals surface area contributed by atoms with E-state index in [-0.39, 0.29) is 17.3 Å². The molecule has 0 radical (unpaired) electrons. The molecule has 7 heteroatoms. The minimum Gasteiger partial charge on any atom is -0.490 e. The highest BCUT2D eigenvalue weighted by Crippen LogP contribution is 2.31. The Labute approximate surface area is 183 Å². The molecule has 0 aliphatic carbocycles. The first-order valence-electron chi connectivity index (χ1n) is 9.86. The summed E-state index contributed by atoms with van der Waals surface area (Å²) >= 11 is 0. The maximum Gasteiger partial charge on any atom is 0.363 e. The molecule has 3 aromatic carbocycles. The summed E-state index contributed by atoms with van der Waals surface area (Å²) < 4.78 is 29.4. The summed E-state index contributed by atoms with van der Waals surface area (Å²) in [7, 11) is 0. The van der Waals surface area contributed by atoms with Gasteiger partial charge in [-0.15, -0.1) is 0 Å². The summed E-state index contributed by atoms with van der Waals surface area (Å²) in [6.07, 6.45) is 1.53. The van der Waals surface area contributed by atoms with E-state index in [1.807, 2.05) is 13.0 Å². The van der Waals surface area contributed by atoms with E-state index in [1.54, 1.807) is 42.5 Å². The van der Waals surface area contributed by atoms with Crippen LogP contribution < -0.4 is 9.47 Å². The van der Waals surface area contributed by atoms with Crippen molar-refractivity contribution in [1.82, 2.24) is 0 Å². The van der Waals surface area contributed by atoms with Gasteiger partial charge in [-0.25, -0.2) is 19.0 Å². The van der Waals surface area contributed by atoms with E-state index in [9.17, 15) is 14.0 Å². The summed E-state index contributed by atoms with van der Waals surface area (Å²) in [5.74, 6) is -0.828. The molecule has 1 heterocycles. The van der Waals surface area contributed by atoms with Gasteiger partial charge in [0.05, 0.1) is 12.2 Å². The highest BCUT2D eigenvalue weighted by atomic mass is 19.1. The summed E-state index contributed by atoms with van der Waals surface area (Å²) in [5, 5.41) is 0. The second-order valence-electron chi connectivity index (χ2n) is 6.74. The first kappa shape index (κ1) is 21.0. The summed E-state index contributed by atoms with van der Waals surface area (Å²) in [5.41, 5.74) is 1.59. The van der Waals surface area contributed by atoms with Gasteiger partial charge < -0.3 is 14.2 Å². The lowest BCUT2D eigenvalue weighted by atomic mass is 10.1. The Morgan fingerprint density at radius 1 is 1.03 bits per heavy atom. The average molecular weight is 431 g/mol. The number of ether oxygens (including phenoxy) is 3. The lowest BCUT2D eigenvalue weighted by Gasteiger charge is -2.11. The number of esters is 2. The van der Waals surface area contributed by atoms with Crippen LogP contribution in [0.1, 0.15) is 28.4 Å². The number of carbonyl (C=O) groups excluding carboxylic acids is 2. The topological polar surface area (TPSA) is 74.2 Å². The Kier molecular flexibility index (Phi) is 6.07. The molecule has 0 unspecified atom stereocenters. The number of cyclic esters (lactones) is 1. The Hall–Kier alpha value is -4.26. The molecule has 0 amide bonds. The molecular formula is C25H18FNO5. The van der Waals surface area contributed by atoms with Crippen molar-refractivity contribution in [1.29, 1.82) is 0 Å². The van der Waals surface area contributed by atoms with Gasteiger partial charge >= 0.3 is 11.9 Å². The first-order valence-corrected chi connectivity index (χ1v) is 9.86. The average Bonchev–Trinajstić information content (AvgIpc) is 3.16. The molecule has 0 saturated carbocycles. The van der Waals surface area contributed by atoms with Crippen molar-refractivity contribution < 1.29 is 28.2 Å². The largest absolute Gasteiger partial charge is 0.490 e. The number of hydrogen-bond acceptors (Lipinski definition) is 6. The third-order valence-corrected chi connectivity index (χ3v) is 4.49. The molecule has 1 aliphatic rings. The van der Waals surface area contributed by atoms with Gasteiger partial charge in [0, 0.05) is 5.56 Å². The quantitative estimate of drug-likeness (QED) is 0.319. The van der Waals surface area contributed by atoms with Crippen molar-refractivity contribution in [3.63, 3.8) is 0 Å². The Morgan fingerprint density at radius 3 is 2.50 bits per heavy atom. The third kappa shape index (κ3) is 4.73.